The molecule has 4 aromatic heterocycles. The molecular weight excluding hydrogens is 412 g/mol. The standard InChI is InChI=1S/C19H17BrN4O3/c1-10-7-25-17(21-10)13-8-27-18(24-13)14-9-26-16(23-14)12-5-11(20)6-15(22-12)19(2,3)4/h5-9H,1-4H3. The first-order chi connectivity index (χ1) is 12.8. The second kappa shape index (κ2) is 6.45. The third kappa shape index (κ3) is 3.57. The Labute approximate surface area is 164 Å². The number of hydrogen-bond acceptors (Lipinski definition) is 7. The zero-order chi connectivity index (χ0) is 19.2. The third-order valence-corrected chi connectivity index (χ3v) is 4.30. The van der Waals surface area contributed by atoms with Crippen molar-refractivity contribution in [2.45, 2.75) is 33.1 Å². The molecule has 0 unspecified atom stereocenters. The Bertz CT molecular complexity index is 1100. The van der Waals surface area contributed by atoms with Crippen molar-refractivity contribution in [2.24, 2.45) is 0 Å². The fourth-order valence-electron chi connectivity index (χ4n) is 2.44. The summed E-state index contributed by atoms with van der Waals surface area (Å²) in [5, 5.41) is 0. The molecule has 0 amide bonds. The van der Waals surface area contributed by atoms with Gasteiger partial charge in [0.2, 0.25) is 17.7 Å². The summed E-state index contributed by atoms with van der Waals surface area (Å²) in [6.07, 6.45) is 4.53. The monoisotopic (exact) mass is 428 g/mol. The predicted molar refractivity (Wildman–Crippen MR) is 102 cm³/mol. The van der Waals surface area contributed by atoms with Crippen LogP contribution in [-0.2, 0) is 5.41 Å². The van der Waals surface area contributed by atoms with Crippen LogP contribution >= 0.6 is 15.9 Å². The molecule has 4 aromatic rings. The van der Waals surface area contributed by atoms with Crippen molar-refractivity contribution in [3.05, 3.63) is 46.8 Å². The predicted octanol–water partition coefficient (Wildman–Crippen LogP) is 5.42. The van der Waals surface area contributed by atoms with Crippen molar-refractivity contribution in [1.82, 2.24) is 19.9 Å². The zero-order valence-corrected chi connectivity index (χ0v) is 16.9. The van der Waals surface area contributed by atoms with Gasteiger partial charge in [0.1, 0.15) is 24.5 Å². The fourth-order valence-corrected chi connectivity index (χ4v) is 2.88. The van der Waals surface area contributed by atoms with Crippen LogP contribution in [0.15, 0.2) is 48.6 Å². The molecule has 7 nitrogen and oxygen atoms in total. The van der Waals surface area contributed by atoms with Gasteiger partial charge in [0.05, 0.1) is 5.69 Å². The SMILES string of the molecule is Cc1coc(-c2coc(-c3coc(-c4cc(Br)cc(C(C)(C)C)n4)n3)n2)n1. The molecule has 0 aromatic carbocycles. The third-order valence-electron chi connectivity index (χ3n) is 3.84. The lowest BCUT2D eigenvalue weighted by Crippen LogP contribution is -2.13. The molecule has 0 aliphatic carbocycles. The van der Waals surface area contributed by atoms with Crippen LogP contribution in [0.2, 0.25) is 0 Å². The van der Waals surface area contributed by atoms with Crippen LogP contribution in [0.5, 0.6) is 0 Å². The molecule has 4 heterocycles. The Kier molecular flexibility index (Phi) is 4.22. The van der Waals surface area contributed by atoms with E-state index in [4.69, 9.17) is 13.3 Å². The van der Waals surface area contributed by atoms with E-state index in [1.54, 1.807) is 6.26 Å². The largest absolute Gasteiger partial charge is 0.443 e. The smallest absolute Gasteiger partial charge is 0.249 e. The maximum Gasteiger partial charge on any atom is 0.249 e. The van der Waals surface area contributed by atoms with Crippen molar-refractivity contribution >= 4 is 15.9 Å². The number of pyridine rings is 1. The summed E-state index contributed by atoms with van der Waals surface area (Å²) in [5.74, 6) is 1.11. The summed E-state index contributed by atoms with van der Waals surface area (Å²) < 4.78 is 17.4. The Hall–Kier alpha value is -2.74. The van der Waals surface area contributed by atoms with Gasteiger partial charge < -0.3 is 13.3 Å². The first kappa shape index (κ1) is 17.7. The zero-order valence-electron chi connectivity index (χ0n) is 15.3. The molecule has 8 heteroatoms. The molecule has 0 saturated carbocycles. The quantitative estimate of drug-likeness (QED) is 0.430. The normalized spacial score (nSPS) is 11.9. The summed E-state index contributed by atoms with van der Waals surface area (Å²) in [5.41, 5.74) is 3.21. The second-order valence-corrected chi connectivity index (χ2v) is 8.09. The minimum atomic E-state index is -0.0976. The van der Waals surface area contributed by atoms with Gasteiger partial charge in [-0.3, -0.25) is 0 Å². The average Bonchev–Trinajstić information content (AvgIpc) is 3.33. The molecule has 0 N–H and O–H groups in total. The minimum absolute atomic E-state index is 0.0976. The molecule has 0 spiro atoms. The Morgan fingerprint density at radius 2 is 1.30 bits per heavy atom. The number of aromatic nitrogens is 4. The molecule has 4 rings (SSSR count). The maximum atomic E-state index is 5.61. The second-order valence-electron chi connectivity index (χ2n) is 7.18. The van der Waals surface area contributed by atoms with Crippen LogP contribution < -0.4 is 0 Å². The molecule has 0 fully saturated rings. The van der Waals surface area contributed by atoms with Crippen LogP contribution in [0.3, 0.4) is 0 Å². The van der Waals surface area contributed by atoms with Gasteiger partial charge in [-0.2, -0.15) is 0 Å². The van der Waals surface area contributed by atoms with E-state index in [-0.39, 0.29) is 5.41 Å². The highest BCUT2D eigenvalue weighted by Gasteiger charge is 2.20. The molecule has 138 valence electrons. The van der Waals surface area contributed by atoms with E-state index in [0.717, 1.165) is 15.9 Å². The Morgan fingerprint density at radius 3 is 1.85 bits per heavy atom. The lowest BCUT2D eigenvalue weighted by atomic mass is 9.91. The van der Waals surface area contributed by atoms with Crippen LogP contribution in [0.25, 0.3) is 34.8 Å². The molecule has 0 aliphatic rings. The van der Waals surface area contributed by atoms with E-state index < -0.39 is 0 Å². The van der Waals surface area contributed by atoms with Crippen LogP contribution in [0.4, 0.5) is 0 Å². The van der Waals surface area contributed by atoms with Gasteiger partial charge in [-0.15, -0.1) is 0 Å². The Morgan fingerprint density at radius 1 is 0.741 bits per heavy atom. The van der Waals surface area contributed by atoms with Gasteiger partial charge in [0.25, 0.3) is 0 Å². The number of aryl methyl sites for hydroxylation is 1. The number of hydrogen-bond donors (Lipinski definition) is 0. The number of halogens is 1. The highest BCUT2D eigenvalue weighted by Crippen LogP contribution is 2.30. The van der Waals surface area contributed by atoms with E-state index in [9.17, 15) is 0 Å². The topological polar surface area (TPSA) is 91.0 Å². The molecule has 27 heavy (non-hydrogen) atoms. The van der Waals surface area contributed by atoms with Crippen LogP contribution in [0.1, 0.15) is 32.2 Å². The molecule has 0 bridgehead atoms. The molecule has 0 aliphatic heterocycles. The van der Waals surface area contributed by atoms with Gasteiger partial charge in [0, 0.05) is 15.6 Å². The van der Waals surface area contributed by atoms with E-state index in [0.29, 0.717) is 34.8 Å². The number of nitrogens with zero attached hydrogens (tertiary/aromatic N) is 4. The molecular formula is C19H17BrN4O3. The summed E-state index contributed by atoms with van der Waals surface area (Å²) in [6, 6.07) is 3.85. The first-order valence-corrected chi connectivity index (χ1v) is 9.11. The van der Waals surface area contributed by atoms with Crippen LogP contribution in [0, 0.1) is 6.92 Å². The minimum Gasteiger partial charge on any atom is -0.443 e. The molecule has 0 atom stereocenters. The summed E-state index contributed by atoms with van der Waals surface area (Å²) in [7, 11) is 0. The number of rotatable bonds is 3. The maximum absolute atomic E-state index is 5.61. The van der Waals surface area contributed by atoms with Gasteiger partial charge >= 0.3 is 0 Å². The highest BCUT2D eigenvalue weighted by molar-refractivity contribution is 9.10. The van der Waals surface area contributed by atoms with Crippen molar-refractivity contribution in [1.29, 1.82) is 0 Å². The number of oxazole rings is 3. The van der Waals surface area contributed by atoms with Crippen LogP contribution in [-0.4, -0.2) is 19.9 Å². The van der Waals surface area contributed by atoms with Gasteiger partial charge in [-0.05, 0) is 19.1 Å². The summed E-state index contributed by atoms with van der Waals surface area (Å²) >= 11 is 3.53. The van der Waals surface area contributed by atoms with E-state index in [1.165, 1.54) is 12.5 Å². The fraction of sp³-hybridized carbons (Fsp3) is 0.263. The molecule has 0 radical (unpaired) electrons. The summed E-state index contributed by atoms with van der Waals surface area (Å²) in [6.45, 7) is 8.15. The lowest BCUT2D eigenvalue weighted by molar-refractivity contribution is 0.554. The summed E-state index contributed by atoms with van der Waals surface area (Å²) in [4.78, 5) is 17.8. The lowest BCUT2D eigenvalue weighted by Gasteiger charge is -2.18. The first-order valence-electron chi connectivity index (χ1n) is 8.32. The van der Waals surface area contributed by atoms with E-state index >= 15 is 0 Å². The van der Waals surface area contributed by atoms with Crippen molar-refractivity contribution in [3.63, 3.8) is 0 Å². The van der Waals surface area contributed by atoms with Crippen molar-refractivity contribution < 1.29 is 13.3 Å². The van der Waals surface area contributed by atoms with Crippen molar-refractivity contribution in [2.75, 3.05) is 0 Å². The van der Waals surface area contributed by atoms with Gasteiger partial charge in [-0.1, -0.05) is 36.7 Å². The molecule has 0 saturated heterocycles. The van der Waals surface area contributed by atoms with E-state index in [1.807, 2.05) is 19.1 Å². The van der Waals surface area contributed by atoms with Gasteiger partial charge in [-0.25, -0.2) is 19.9 Å². The van der Waals surface area contributed by atoms with E-state index in [2.05, 4.69) is 56.6 Å². The highest BCUT2D eigenvalue weighted by atomic mass is 79.9. The average molecular weight is 429 g/mol. The Balaban J connectivity index is 1.67. The van der Waals surface area contributed by atoms with Gasteiger partial charge in [0.15, 0.2) is 11.4 Å². The van der Waals surface area contributed by atoms with Crippen molar-refractivity contribution in [3.8, 4) is 34.8 Å².